The first kappa shape index (κ1) is 15.5. The highest BCUT2D eigenvalue weighted by atomic mass is 16.2. The predicted molar refractivity (Wildman–Crippen MR) is 94.7 cm³/mol. The Bertz CT molecular complexity index is 672. The third-order valence-electron chi connectivity index (χ3n) is 4.11. The quantitative estimate of drug-likeness (QED) is 0.768. The fourth-order valence-electron chi connectivity index (χ4n) is 2.78. The molecule has 0 aliphatic heterocycles. The highest BCUT2D eigenvalue weighted by molar-refractivity contribution is 5.81. The van der Waals surface area contributed by atoms with Crippen molar-refractivity contribution in [2.24, 2.45) is 5.92 Å². The summed E-state index contributed by atoms with van der Waals surface area (Å²) in [6, 6.07) is 20.5. The first-order valence-corrected chi connectivity index (χ1v) is 8.27. The van der Waals surface area contributed by atoms with Crippen molar-refractivity contribution in [3.05, 3.63) is 77.4 Å². The molecule has 0 unspecified atom stereocenters. The topological polar surface area (TPSA) is 20.3 Å². The number of amides is 1. The Balaban J connectivity index is 1.73. The van der Waals surface area contributed by atoms with Crippen molar-refractivity contribution >= 4 is 12.0 Å². The van der Waals surface area contributed by atoms with Crippen LogP contribution in [0.1, 0.15) is 30.9 Å². The van der Waals surface area contributed by atoms with E-state index >= 15 is 0 Å². The van der Waals surface area contributed by atoms with Crippen LogP contribution < -0.4 is 0 Å². The van der Waals surface area contributed by atoms with E-state index in [9.17, 15) is 4.79 Å². The van der Waals surface area contributed by atoms with Crippen molar-refractivity contribution in [2.75, 3.05) is 6.54 Å². The van der Waals surface area contributed by atoms with Gasteiger partial charge in [0.05, 0.1) is 0 Å². The van der Waals surface area contributed by atoms with Crippen molar-refractivity contribution in [2.45, 2.75) is 26.3 Å². The van der Waals surface area contributed by atoms with E-state index in [1.807, 2.05) is 41.3 Å². The standard InChI is InChI=1S/C21H23NO/c1-17(14-18-8-4-2-5-9-18)15-22(21(23)20-12-13-20)16-19-10-6-3-7-11-19/h2-11,14,20H,12-13,15-16H2,1H3/b17-14+. The summed E-state index contributed by atoms with van der Waals surface area (Å²) in [5, 5.41) is 0. The largest absolute Gasteiger partial charge is 0.334 e. The molecule has 2 aromatic rings. The first-order chi connectivity index (χ1) is 11.2. The molecule has 118 valence electrons. The van der Waals surface area contributed by atoms with E-state index in [1.54, 1.807) is 0 Å². The van der Waals surface area contributed by atoms with Crippen LogP contribution in [0.5, 0.6) is 0 Å². The average Bonchev–Trinajstić information content (AvgIpc) is 3.40. The minimum Gasteiger partial charge on any atom is -0.334 e. The normalized spacial score (nSPS) is 14.6. The molecule has 23 heavy (non-hydrogen) atoms. The van der Waals surface area contributed by atoms with Gasteiger partial charge in [-0.2, -0.15) is 0 Å². The van der Waals surface area contributed by atoms with Crippen LogP contribution in [0.25, 0.3) is 6.08 Å². The van der Waals surface area contributed by atoms with Gasteiger partial charge in [-0.15, -0.1) is 0 Å². The summed E-state index contributed by atoms with van der Waals surface area (Å²) in [7, 11) is 0. The zero-order valence-electron chi connectivity index (χ0n) is 13.6. The number of nitrogens with zero attached hydrogens (tertiary/aromatic N) is 1. The van der Waals surface area contributed by atoms with E-state index in [0.717, 1.165) is 12.8 Å². The van der Waals surface area contributed by atoms with Crippen LogP contribution in [0.15, 0.2) is 66.2 Å². The van der Waals surface area contributed by atoms with Gasteiger partial charge in [0, 0.05) is 19.0 Å². The van der Waals surface area contributed by atoms with Crippen LogP contribution in [0.3, 0.4) is 0 Å². The lowest BCUT2D eigenvalue weighted by Crippen LogP contribution is -2.33. The smallest absolute Gasteiger partial charge is 0.226 e. The summed E-state index contributed by atoms with van der Waals surface area (Å²) in [6.07, 6.45) is 4.26. The van der Waals surface area contributed by atoms with Crippen molar-refractivity contribution in [1.29, 1.82) is 0 Å². The van der Waals surface area contributed by atoms with Crippen LogP contribution in [0.4, 0.5) is 0 Å². The molecule has 1 aliphatic rings. The summed E-state index contributed by atoms with van der Waals surface area (Å²) in [4.78, 5) is 14.6. The van der Waals surface area contributed by atoms with Crippen molar-refractivity contribution < 1.29 is 4.79 Å². The molecule has 1 saturated carbocycles. The van der Waals surface area contributed by atoms with Crippen LogP contribution in [0, 0.1) is 5.92 Å². The molecule has 0 heterocycles. The number of carbonyl (C=O) groups is 1. The Morgan fingerprint density at radius 2 is 1.65 bits per heavy atom. The molecule has 0 bridgehead atoms. The highest BCUT2D eigenvalue weighted by Crippen LogP contribution is 2.31. The Labute approximate surface area is 138 Å². The summed E-state index contributed by atoms with van der Waals surface area (Å²) >= 11 is 0. The maximum absolute atomic E-state index is 12.6. The summed E-state index contributed by atoms with van der Waals surface area (Å²) in [6.45, 7) is 3.49. The average molecular weight is 305 g/mol. The van der Waals surface area contributed by atoms with E-state index < -0.39 is 0 Å². The second kappa shape index (κ2) is 7.28. The molecule has 2 aromatic carbocycles. The zero-order chi connectivity index (χ0) is 16.1. The number of carbonyl (C=O) groups excluding carboxylic acids is 1. The molecule has 1 fully saturated rings. The van der Waals surface area contributed by atoms with Gasteiger partial charge in [0.25, 0.3) is 0 Å². The third-order valence-corrected chi connectivity index (χ3v) is 4.11. The third kappa shape index (κ3) is 4.56. The number of hydrogen-bond donors (Lipinski definition) is 0. The summed E-state index contributed by atoms with van der Waals surface area (Å²) in [5.41, 5.74) is 3.58. The van der Waals surface area contributed by atoms with Gasteiger partial charge < -0.3 is 4.90 Å². The molecule has 0 N–H and O–H groups in total. The second-order valence-corrected chi connectivity index (χ2v) is 6.36. The molecule has 0 saturated heterocycles. The minimum atomic E-state index is 0.253. The van der Waals surface area contributed by atoms with Gasteiger partial charge in [0.1, 0.15) is 0 Å². The second-order valence-electron chi connectivity index (χ2n) is 6.36. The van der Waals surface area contributed by atoms with Gasteiger partial charge in [0.15, 0.2) is 0 Å². The van der Waals surface area contributed by atoms with E-state index in [4.69, 9.17) is 0 Å². The highest BCUT2D eigenvalue weighted by Gasteiger charge is 2.33. The van der Waals surface area contributed by atoms with Gasteiger partial charge >= 0.3 is 0 Å². The molecular formula is C21H23NO. The summed E-state index contributed by atoms with van der Waals surface area (Å²) < 4.78 is 0. The van der Waals surface area contributed by atoms with Crippen LogP contribution in [-0.2, 0) is 11.3 Å². The lowest BCUT2D eigenvalue weighted by molar-refractivity contribution is -0.132. The fraction of sp³-hybridized carbons (Fsp3) is 0.286. The van der Waals surface area contributed by atoms with E-state index in [0.29, 0.717) is 19.0 Å². The van der Waals surface area contributed by atoms with Crippen molar-refractivity contribution in [3.8, 4) is 0 Å². The van der Waals surface area contributed by atoms with Crippen LogP contribution in [-0.4, -0.2) is 17.4 Å². The minimum absolute atomic E-state index is 0.253. The predicted octanol–water partition coefficient (Wildman–Crippen LogP) is 4.53. The lowest BCUT2D eigenvalue weighted by atomic mass is 10.1. The Hall–Kier alpha value is -2.35. The Kier molecular flexibility index (Phi) is 4.92. The molecule has 0 radical (unpaired) electrons. The Morgan fingerprint density at radius 1 is 1.04 bits per heavy atom. The van der Waals surface area contributed by atoms with Crippen molar-refractivity contribution in [3.63, 3.8) is 0 Å². The zero-order valence-corrected chi connectivity index (χ0v) is 13.6. The SMILES string of the molecule is C/C(=C\c1ccccc1)CN(Cc1ccccc1)C(=O)C1CC1. The molecule has 0 spiro atoms. The number of hydrogen-bond acceptors (Lipinski definition) is 1. The maximum Gasteiger partial charge on any atom is 0.226 e. The fourth-order valence-corrected chi connectivity index (χ4v) is 2.78. The summed E-state index contributed by atoms with van der Waals surface area (Å²) in [5.74, 6) is 0.554. The van der Waals surface area contributed by atoms with E-state index in [1.165, 1.54) is 16.7 Å². The lowest BCUT2D eigenvalue weighted by Gasteiger charge is -2.23. The van der Waals surface area contributed by atoms with Gasteiger partial charge in [-0.3, -0.25) is 4.79 Å². The van der Waals surface area contributed by atoms with E-state index in [2.05, 4.69) is 37.3 Å². The monoisotopic (exact) mass is 305 g/mol. The molecule has 2 heteroatoms. The molecule has 3 rings (SSSR count). The molecule has 1 amide bonds. The molecule has 0 atom stereocenters. The molecule has 2 nitrogen and oxygen atoms in total. The van der Waals surface area contributed by atoms with Crippen molar-refractivity contribution in [1.82, 2.24) is 4.90 Å². The first-order valence-electron chi connectivity index (χ1n) is 8.27. The number of rotatable bonds is 6. The van der Waals surface area contributed by atoms with Gasteiger partial charge in [0.2, 0.25) is 5.91 Å². The molecular weight excluding hydrogens is 282 g/mol. The molecule has 1 aliphatic carbocycles. The van der Waals surface area contributed by atoms with Crippen LogP contribution >= 0.6 is 0 Å². The van der Waals surface area contributed by atoms with Gasteiger partial charge in [-0.05, 0) is 30.9 Å². The Morgan fingerprint density at radius 3 is 2.26 bits per heavy atom. The maximum atomic E-state index is 12.6. The van der Waals surface area contributed by atoms with Gasteiger partial charge in [-0.1, -0.05) is 72.3 Å². The van der Waals surface area contributed by atoms with Gasteiger partial charge in [-0.25, -0.2) is 0 Å². The molecule has 0 aromatic heterocycles. The number of benzene rings is 2. The van der Waals surface area contributed by atoms with E-state index in [-0.39, 0.29) is 5.92 Å². The van der Waals surface area contributed by atoms with Crippen LogP contribution in [0.2, 0.25) is 0 Å².